The van der Waals surface area contributed by atoms with E-state index in [0.717, 1.165) is 16.7 Å². The highest BCUT2D eigenvalue weighted by molar-refractivity contribution is 5.73. The van der Waals surface area contributed by atoms with E-state index in [-0.39, 0.29) is 6.03 Å². The predicted molar refractivity (Wildman–Crippen MR) is 95.8 cm³/mol. The summed E-state index contributed by atoms with van der Waals surface area (Å²) in [6.45, 7) is 3.74. The smallest absolute Gasteiger partial charge is 0.315 e. The summed E-state index contributed by atoms with van der Waals surface area (Å²) in [5, 5.41) is 9.84. The molecule has 128 valence electrons. The van der Waals surface area contributed by atoms with Crippen LogP contribution in [0.5, 0.6) is 0 Å². The number of urea groups is 1. The van der Waals surface area contributed by atoms with Crippen LogP contribution in [0.15, 0.2) is 61.2 Å². The van der Waals surface area contributed by atoms with E-state index in [0.29, 0.717) is 19.6 Å². The Hall–Kier alpha value is -3.15. The van der Waals surface area contributed by atoms with E-state index in [1.807, 2.05) is 55.5 Å². The molecule has 0 unspecified atom stereocenters. The number of hydrogen-bond donors (Lipinski definition) is 2. The summed E-state index contributed by atoms with van der Waals surface area (Å²) in [5.74, 6) is 0. The molecule has 0 aliphatic heterocycles. The molecule has 3 rings (SSSR count). The number of nitrogens with zero attached hydrogens (tertiary/aromatic N) is 3. The van der Waals surface area contributed by atoms with E-state index < -0.39 is 0 Å². The van der Waals surface area contributed by atoms with Gasteiger partial charge in [-0.15, -0.1) is 0 Å². The van der Waals surface area contributed by atoms with E-state index in [1.165, 1.54) is 11.9 Å². The van der Waals surface area contributed by atoms with Gasteiger partial charge in [0, 0.05) is 13.1 Å². The summed E-state index contributed by atoms with van der Waals surface area (Å²) < 4.78 is 1.77. The van der Waals surface area contributed by atoms with Gasteiger partial charge in [-0.3, -0.25) is 0 Å². The van der Waals surface area contributed by atoms with Crippen molar-refractivity contribution in [2.75, 3.05) is 0 Å². The second-order valence-corrected chi connectivity index (χ2v) is 5.87. The van der Waals surface area contributed by atoms with Gasteiger partial charge in [0.1, 0.15) is 12.7 Å². The molecule has 0 radical (unpaired) electrons. The monoisotopic (exact) mass is 335 g/mol. The maximum atomic E-state index is 11.9. The van der Waals surface area contributed by atoms with Crippen LogP contribution in [-0.2, 0) is 19.6 Å². The summed E-state index contributed by atoms with van der Waals surface area (Å²) in [4.78, 5) is 15.9. The molecule has 3 aromatic rings. The van der Waals surface area contributed by atoms with Crippen LogP contribution in [0.4, 0.5) is 4.79 Å². The average Bonchev–Trinajstić information content (AvgIpc) is 3.13. The third kappa shape index (κ3) is 4.91. The van der Waals surface area contributed by atoms with E-state index >= 15 is 0 Å². The largest absolute Gasteiger partial charge is 0.334 e. The van der Waals surface area contributed by atoms with Crippen LogP contribution in [0.1, 0.15) is 22.3 Å². The quantitative estimate of drug-likeness (QED) is 0.727. The van der Waals surface area contributed by atoms with Crippen LogP contribution in [0.2, 0.25) is 0 Å². The fourth-order valence-corrected chi connectivity index (χ4v) is 2.49. The van der Waals surface area contributed by atoms with Gasteiger partial charge < -0.3 is 10.6 Å². The second-order valence-electron chi connectivity index (χ2n) is 5.87. The number of aryl methyl sites for hydroxylation is 1. The van der Waals surface area contributed by atoms with Crippen LogP contribution < -0.4 is 10.6 Å². The average molecular weight is 335 g/mol. The molecular weight excluding hydrogens is 314 g/mol. The fourth-order valence-electron chi connectivity index (χ4n) is 2.49. The molecule has 25 heavy (non-hydrogen) atoms. The minimum Gasteiger partial charge on any atom is -0.334 e. The first-order chi connectivity index (χ1) is 12.2. The molecule has 0 atom stereocenters. The van der Waals surface area contributed by atoms with Crippen molar-refractivity contribution in [2.24, 2.45) is 0 Å². The lowest BCUT2D eigenvalue weighted by Gasteiger charge is -2.10. The number of hydrogen-bond acceptors (Lipinski definition) is 3. The van der Waals surface area contributed by atoms with Gasteiger partial charge in [0.05, 0.1) is 6.54 Å². The third-order valence-corrected chi connectivity index (χ3v) is 3.99. The Balaban J connectivity index is 1.45. The molecule has 0 saturated carbocycles. The Bertz CT molecular complexity index is 812. The second kappa shape index (κ2) is 8.10. The Kier molecular flexibility index (Phi) is 5.41. The van der Waals surface area contributed by atoms with Gasteiger partial charge in [0.2, 0.25) is 0 Å². The van der Waals surface area contributed by atoms with Gasteiger partial charge in [-0.05, 0) is 29.2 Å². The van der Waals surface area contributed by atoms with Gasteiger partial charge in [0.15, 0.2) is 0 Å². The molecule has 0 aliphatic carbocycles. The van der Waals surface area contributed by atoms with Crippen LogP contribution in [0.3, 0.4) is 0 Å². The number of amides is 2. The maximum absolute atomic E-state index is 11.9. The minimum atomic E-state index is -0.171. The number of benzene rings is 2. The van der Waals surface area contributed by atoms with Crippen molar-refractivity contribution in [2.45, 2.75) is 26.6 Å². The van der Waals surface area contributed by atoms with E-state index in [2.05, 4.69) is 20.7 Å². The van der Waals surface area contributed by atoms with Crippen LogP contribution in [-0.4, -0.2) is 20.8 Å². The lowest BCUT2D eigenvalue weighted by Crippen LogP contribution is -2.34. The van der Waals surface area contributed by atoms with Crippen molar-refractivity contribution in [3.05, 3.63) is 83.4 Å². The van der Waals surface area contributed by atoms with Crippen molar-refractivity contribution in [1.29, 1.82) is 0 Å². The molecule has 0 fully saturated rings. The molecule has 2 amide bonds. The predicted octanol–water partition coefficient (Wildman–Crippen LogP) is 2.63. The zero-order chi connectivity index (χ0) is 17.5. The fraction of sp³-hybridized carbons (Fsp3) is 0.211. The van der Waals surface area contributed by atoms with Crippen molar-refractivity contribution in [3.8, 4) is 0 Å². The number of carbonyl (C=O) groups is 1. The van der Waals surface area contributed by atoms with E-state index in [1.54, 1.807) is 11.0 Å². The minimum absolute atomic E-state index is 0.171. The molecule has 1 heterocycles. The molecule has 0 bridgehead atoms. The van der Waals surface area contributed by atoms with E-state index in [4.69, 9.17) is 0 Å². The number of rotatable bonds is 6. The summed E-state index contributed by atoms with van der Waals surface area (Å²) in [6.07, 6.45) is 3.21. The normalized spacial score (nSPS) is 10.4. The zero-order valence-corrected chi connectivity index (χ0v) is 14.1. The topological polar surface area (TPSA) is 71.8 Å². The molecule has 0 spiro atoms. The van der Waals surface area contributed by atoms with Crippen LogP contribution in [0, 0.1) is 6.92 Å². The molecule has 2 N–H and O–H groups in total. The number of nitrogens with one attached hydrogen (secondary N) is 2. The molecule has 6 nitrogen and oxygen atoms in total. The van der Waals surface area contributed by atoms with Gasteiger partial charge in [-0.1, -0.05) is 48.5 Å². The van der Waals surface area contributed by atoms with Crippen LogP contribution >= 0.6 is 0 Å². The van der Waals surface area contributed by atoms with Gasteiger partial charge in [-0.25, -0.2) is 14.5 Å². The summed E-state index contributed by atoms with van der Waals surface area (Å²) in [5.41, 5.74) is 4.48. The number of carbonyl (C=O) groups excluding carboxylic acids is 1. The SMILES string of the molecule is Cc1ccccc1CNC(=O)NCc1ccc(Cn2cncn2)cc1. The lowest BCUT2D eigenvalue weighted by atomic mass is 10.1. The van der Waals surface area contributed by atoms with E-state index in [9.17, 15) is 4.79 Å². The lowest BCUT2D eigenvalue weighted by molar-refractivity contribution is 0.240. The van der Waals surface area contributed by atoms with Gasteiger partial charge in [-0.2, -0.15) is 5.10 Å². The highest BCUT2D eigenvalue weighted by Gasteiger charge is 2.03. The molecule has 1 aromatic heterocycles. The molecular formula is C19H21N5O. The highest BCUT2D eigenvalue weighted by Crippen LogP contribution is 2.07. The Labute approximate surface area is 146 Å². The molecule has 6 heteroatoms. The van der Waals surface area contributed by atoms with Gasteiger partial charge in [0.25, 0.3) is 0 Å². The number of aromatic nitrogens is 3. The Morgan fingerprint density at radius 3 is 2.44 bits per heavy atom. The van der Waals surface area contributed by atoms with Crippen molar-refractivity contribution in [1.82, 2.24) is 25.4 Å². The van der Waals surface area contributed by atoms with Crippen molar-refractivity contribution in [3.63, 3.8) is 0 Å². The first kappa shape index (κ1) is 16.7. The Morgan fingerprint density at radius 1 is 1.00 bits per heavy atom. The van der Waals surface area contributed by atoms with Crippen molar-refractivity contribution >= 4 is 6.03 Å². The van der Waals surface area contributed by atoms with Crippen molar-refractivity contribution < 1.29 is 4.79 Å². The third-order valence-electron chi connectivity index (χ3n) is 3.99. The summed E-state index contributed by atoms with van der Waals surface area (Å²) in [7, 11) is 0. The zero-order valence-electron chi connectivity index (χ0n) is 14.1. The first-order valence-corrected chi connectivity index (χ1v) is 8.17. The first-order valence-electron chi connectivity index (χ1n) is 8.17. The van der Waals surface area contributed by atoms with Gasteiger partial charge >= 0.3 is 6.03 Å². The molecule has 2 aromatic carbocycles. The standard InChI is InChI=1S/C19H21N5O/c1-15-4-2-3-5-18(15)11-22-19(25)21-10-16-6-8-17(9-7-16)12-24-14-20-13-23-24/h2-9,13-14H,10-12H2,1H3,(H2,21,22,25). The Morgan fingerprint density at radius 2 is 1.72 bits per heavy atom. The highest BCUT2D eigenvalue weighted by atomic mass is 16.2. The maximum Gasteiger partial charge on any atom is 0.315 e. The van der Waals surface area contributed by atoms with Crippen LogP contribution in [0.25, 0.3) is 0 Å². The molecule has 0 saturated heterocycles. The summed E-state index contributed by atoms with van der Waals surface area (Å²) in [6, 6.07) is 15.9. The summed E-state index contributed by atoms with van der Waals surface area (Å²) >= 11 is 0. The molecule has 0 aliphatic rings.